The van der Waals surface area contributed by atoms with E-state index < -0.39 is 0 Å². The lowest BCUT2D eigenvalue weighted by molar-refractivity contribution is 0.0475. The molecule has 0 spiro atoms. The van der Waals surface area contributed by atoms with Crippen molar-refractivity contribution in [2.24, 2.45) is 5.92 Å². The zero-order valence-corrected chi connectivity index (χ0v) is 13.4. The molecule has 3 amide bonds. The number of amides is 3. The molecule has 1 atom stereocenters. The molecule has 1 N–H and O–H groups in total. The number of carbonyl (C=O) groups excluding carboxylic acids is 3. The number of hydrogen-bond donors (Lipinski definition) is 1. The van der Waals surface area contributed by atoms with Gasteiger partial charge in [-0.1, -0.05) is 0 Å². The molecule has 3 aliphatic rings. The number of imide groups is 1. The average Bonchev–Trinajstić information content (AvgIpc) is 3.23. The second-order valence-corrected chi connectivity index (χ2v) is 6.77. The first-order chi connectivity index (χ1) is 11.6. The molecule has 0 bridgehead atoms. The number of rotatable bonds is 5. The number of carbonyl (C=O) groups is 3. The van der Waals surface area contributed by atoms with Crippen molar-refractivity contribution in [3.05, 3.63) is 34.9 Å². The quantitative estimate of drug-likeness (QED) is 0.833. The Balaban J connectivity index is 1.50. The molecule has 6 heteroatoms. The molecular weight excluding hydrogens is 308 g/mol. The zero-order valence-electron chi connectivity index (χ0n) is 13.4. The van der Waals surface area contributed by atoms with E-state index in [2.05, 4.69) is 5.32 Å². The Labute approximate surface area is 140 Å². The molecule has 4 rings (SSSR count). The second-order valence-electron chi connectivity index (χ2n) is 6.77. The highest BCUT2D eigenvalue weighted by atomic mass is 16.5. The number of nitrogens with one attached hydrogen (secondary N) is 1. The van der Waals surface area contributed by atoms with Gasteiger partial charge in [0.2, 0.25) is 0 Å². The third kappa shape index (κ3) is 2.82. The van der Waals surface area contributed by atoms with Crippen LogP contribution in [0.25, 0.3) is 0 Å². The summed E-state index contributed by atoms with van der Waals surface area (Å²) in [4.78, 5) is 38.4. The van der Waals surface area contributed by atoms with Gasteiger partial charge >= 0.3 is 0 Å². The van der Waals surface area contributed by atoms with Crippen molar-refractivity contribution in [3.63, 3.8) is 0 Å². The topological polar surface area (TPSA) is 75.7 Å². The molecule has 0 radical (unpaired) electrons. The maximum absolute atomic E-state index is 12.6. The Bertz CT molecular complexity index is 705. The Morgan fingerprint density at radius 1 is 1.17 bits per heavy atom. The number of ether oxygens (including phenoxy) is 1. The van der Waals surface area contributed by atoms with Gasteiger partial charge in [0, 0.05) is 18.7 Å². The standard InChI is InChI=1S/C18H20N2O4/c21-16(19-9-11-3-4-11)12-5-6-14-15(8-12)18(23)20(17(14)22)10-13-2-1-7-24-13/h5-6,8,11,13H,1-4,7,9-10H2,(H,19,21)/t13-/m0/s1. The Morgan fingerprint density at radius 2 is 1.96 bits per heavy atom. The van der Waals surface area contributed by atoms with Crippen molar-refractivity contribution in [2.75, 3.05) is 19.7 Å². The van der Waals surface area contributed by atoms with Gasteiger partial charge in [0.15, 0.2) is 0 Å². The minimum absolute atomic E-state index is 0.0754. The van der Waals surface area contributed by atoms with Gasteiger partial charge in [0.05, 0.1) is 23.8 Å². The summed E-state index contributed by atoms with van der Waals surface area (Å²) in [6, 6.07) is 4.73. The van der Waals surface area contributed by atoms with E-state index in [9.17, 15) is 14.4 Å². The lowest BCUT2D eigenvalue weighted by atomic mass is 10.1. The zero-order chi connectivity index (χ0) is 16.7. The van der Waals surface area contributed by atoms with Gasteiger partial charge in [0.25, 0.3) is 17.7 Å². The van der Waals surface area contributed by atoms with Crippen molar-refractivity contribution in [1.29, 1.82) is 0 Å². The van der Waals surface area contributed by atoms with Crippen molar-refractivity contribution in [1.82, 2.24) is 10.2 Å². The Hall–Kier alpha value is -2.21. The molecular formula is C18H20N2O4. The fourth-order valence-electron chi connectivity index (χ4n) is 3.25. The van der Waals surface area contributed by atoms with E-state index in [1.807, 2.05) is 0 Å². The van der Waals surface area contributed by atoms with E-state index in [0.717, 1.165) is 25.7 Å². The summed E-state index contributed by atoms with van der Waals surface area (Å²) in [5, 5.41) is 2.88. The van der Waals surface area contributed by atoms with Crippen LogP contribution in [-0.4, -0.2) is 48.4 Å². The van der Waals surface area contributed by atoms with Crippen LogP contribution >= 0.6 is 0 Å². The molecule has 2 fully saturated rings. The van der Waals surface area contributed by atoms with Crippen LogP contribution in [0.4, 0.5) is 0 Å². The van der Waals surface area contributed by atoms with Crippen molar-refractivity contribution < 1.29 is 19.1 Å². The van der Waals surface area contributed by atoms with Gasteiger partial charge in [-0.15, -0.1) is 0 Å². The van der Waals surface area contributed by atoms with Crippen molar-refractivity contribution in [2.45, 2.75) is 31.8 Å². The first-order valence-electron chi connectivity index (χ1n) is 8.53. The molecule has 0 unspecified atom stereocenters. The minimum atomic E-state index is -0.331. The summed E-state index contributed by atoms with van der Waals surface area (Å²) in [6.45, 7) is 1.64. The van der Waals surface area contributed by atoms with E-state index >= 15 is 0 Å². The van der Waals surface area contributed by atoms with Crippen LogP contribution in [-0.2, 0) is 4.74 Å². The first kappa shape index (κ1) is 15.3. The third-order valence-electron chi connectivity index (χ3n) is 4.89. The van der Waals surface area contributed by atoms with Crippen LogP contribution in [0.15, 0.2) is 18.2 Å². The summed E-state index contributed by atoms with van der Waals surface area (Å²) >= 11 is 0. The van der Waals surface area contributed by atoms with Crippen LogP contribution in [0.2, 0.25) is 0 Å². The Morgan fingerprint density at radius 3 is 2.67 bits per heavy atom. The maximum atomic E-state index is 12.6. The monoisotopic (exact) mass is 328 g/mol. The molecule has 126 valence electrons. The van der Waals surface area contributed by atoms with Crippen LogP contribution in [0.1, 0.15) is 56.8 Å². The van der Waals surface area contributed by atoms with E-state index in [0.29, 0.717) is 35.8 Å². The predicted octanol–water partition coefficient (Wildman–Crippen LogP) is 1.60. The summed E-state index contributed by atoms with van der Waals surface area (Å²) in [5.41, 5.74) is 1.11. The highest BCUT2D eigenvalue weighted by Gasteiger charge is 2.38. The van der Waals surface area contributed by atoms with Gasteiger partial charge in [-0.3, -0.25) is 19.3 Å². The molecule has 1 saturated heterocycles. The van der Waals surface area contributed by atoms with Crippen LogP contribution < -0.4 is 5.32 Å². The van der Waals surface area contributed by atoms with Gasteiger partial charge in [-0.2, -0.15) is 0 Å². The van der Waals surface area contributed by atoms with E-state index in [1.165, 1.54) is 11.0 Å². The van der Waals surface area contributed by atoms with E-state index in [1.54, 1.807) is 12.1 Å². The highest BCUT2D eigenvalue weighted by Crippen LogP contribution is 2.28. The molecule has 6 nitrogen and oxygen atoms in total. The number of benzene rings is 1. The molecule has 1 aromatic carbocycles. The van der Waals surface area contributed by atoms with Gasteiger partial charge < -0.3 is 10.1 Å². The highest BCUT2D eigenvalue weighted by molar-refractivity contribution is 6.22. The number of hydrogen-bond acceptors (Lipinski definition) is 4. The van der Waals surface area contributed by atoms with Gasteiger partial charge in [-0.25, -0.2) is 0 Å². The van der Waals surface area contributed by atoms with Crippen molar-refractivity contribution in [3.8, 4) is 0 Å². The smallest absolute Gasteiger partial charge is 0.261 e. The van der Waals surface area contributed by atoms with E-state index in [-0.39, 0.29) is 30.4 Å². The summed E-state index contributed by atoms with van der Waals surface area (Å²) in [6.07, 6.45) is 4.07. The molecule has 1 saturated carbocycles. The summed E-state index contributed by atoms with van der Waals surface area (Å²) < 4.78 is 5.52. The van der Waals surface area contributed by atoms with Crippen LogP contribution in [0.3, 0.4) is 0 Å². The normalized spacial score (nSPS) is 22.8. The molecule has 2 aliphatic heterocycles. The van der Waals surface area contributed by atoms with Crippen LogP contribution in [0.5, 0.6) is 0 Å². The lowest BCUT2D eigenvalue weighted by Crippen LogP contribution is -2.36. The van der Waals surface area contributed by atoms with Crippen molar-refractivity contribution >= 4 is 17.7 Å². The fraction of sp³-hybridized carbons (Fsp3) is 0.500. The van der Waals surface area contributed by atoms with Gasteiger partial charge in [0.1, 0.15) is 0 Å². The third-order valence-corrected chi connectivity index (χ3v) is 4.89. The summed E-state index contributed by atoms with van der Waals surface area (Å²) in [5.74, 6) is -0.228. The fourth-order valence-corrected chi connectivity index (χ4v) is 3.25. The van der Waals surface area contributed by atoms with E-state index in [4.69, 9.17) is 4.74 Å². The summed E-state index contributed by atoms with van der Waals surface area (Å²) in [7, 11) is 0. The molecule has 2 heterocycles. The average molecular weight is 328 g/mol. The van der Waals surface area contributed by atoms with Gasteiger partial charge in [-0.05, 0) is 49.8 Å². The molecule has 1 aromatic rings. The van der Waals surface area contributed by atoms with Crippen LogP contribution in [0, 0.1) is 5.92 Å². The Kier molecular flexibility index (Phi) is 3.84. The SMILES string of the molecule is O=C(NCC1CC1)c1ccc2c(c1)C(=O)N(C[C@@H]1CCCO1)C2=O. The largest absolute Gasteiger partial charge is 0.376 e. The lowest BCUT2D eigenvalue weighted by Gasteiger charge is -2.17. The molecule has 24 heavy (non-hydrogen) atoms. The molecule has 1 aliphatic carbocycles. The minimum Gasteiger partial charge on any atom is -0.376 e. The number of nitrogens with zero attached hydrogens (tertiary/aromatic N) is 1. The second kappa shape index (κ2) is 6.02. The molecule has 0 aromatic heterocycles. The number of fused-ring (bicyclic) bond motifs is 1. The predicted molar refractivity (Wildman–Crippen MR) is 85.8 cm³/mol. The maximum Gasteiger partial charge on any atom is 0.261 e. The first-order valence-corrected chi connectivity index (χ1v) is 8.53.